The Balaban J connectivity index is 2.31. The highest BCUT2D eigenvalue weighted by Crippen LogP contribution is 2.38. The molecule has 2 rings (SSSR count). The summed E-state index contributed by atoms with van der Waals surface area (Å²) in [6.45, 7) is 2.57. The van der Waals surface area contributed by atoms with E-state index in [1.54, 1.807) is 6.08 Å². The Morgan fingerprint density at radius 1 is 1.25 bits per heavy atom. The minimum atomic E-state index is -1.32. The lowest BCUT2D eigenvalue weighted by atomic mass is 9.88. The number of carbonyl (C=O) groups excluding carboxylic acids is 2. The van der Waals surface area contributed by atoms with Crippen LogP contribution in [0.3, 0.4) is 0 Å². The van der Waals surface area contributed by atoms with Crippen molar-refractivity contribution in [2.45, 2.75) is 26.1 Å². The van der Waals surface area contributed by atoms with Gasteiger partial charge in [0.2, 0.25) is 0 Å². The zero-order valence-corrected chi connectivity index (χ0v) is 9.15. The Hall–Kier alpha value is -1.76. The smallest absolute Gasteiger partial charge is 0.306 e. The topological polar surface area (TPSA) is 52.6 Å². The van der Waals surface area contributed by atoms with Gasteiger partial charge in [-0.3, -0.25) is 9.59 Å². The SMILES string of the molecule is CC(=O)OC1(OC(C)=O)C=CC2C#CC1C2. The molecule has 2 atom stereocenters. The molecule has 0 N–H and O–H groups in total. The van der Waals surface area contributed by atoms with E-state index in [1.165, 1.54) is 13.8 Å². The average Bonchev–Trinajstić information content (AvgIpc) is 2.55. The van der Waals surface area contributed by atoms with E-state index in [9.17, 15) is 9.59 Å². The van der Waals surface area contributed by atoms with Crippen LogP contribution in [-0.2, 0) is 19.1 Å². The third-order valence-electron chi connectivity index (χ3n) is 2.59. The van der Waals surface area contributed by atoms with E-state index < -0.39 is 17.7 Å². The Morgan fingerprint density at radius 3 is 2.44 bits per heavy atom. The Morgan fingerprint density at radius 2 is 1.88 bits per heavy atom. The van der Waals surface area contributed by atoms with Crippen LogP contribution in [0.25, 0.3) is 0 Å². The van der Waals surface area contributed by atoms with Crippen LogP contribution in [-0.4, -0.2) is 17.7 Å². The maximum atomic E-state index is 11.1. The highest BCUT2D eigenvalue weighted by atomic mass is 16.7. The Labute approximate surface area is 93.6 Å². The van der Waals surface area contributed by atoms with Crippen LogP contribution in [0, 0.1) is 23.7 Å². The summed E-state index contributed by atoms with van der Waals surface area (Å²) < 4.78 is 10.3. The second-order valence-corrected chi connectivity index (χ2v) is 3.95. The average molecular weight is 220 g/mol. The number of fused-ring (bicyclic) bond motifs is 2. The van der Waals surface area contributed by atoms with Crippen LogP contribution in [0.5, 0.6) is 0 Å². The van der Waals surface area contributed by atoms with Crippen LogP contribution in [0.1, 0.15) is 20.3 Å². The standard InChI is InChI=1S/C12H12O4/c1-8(13)15-12(16-9(2)14)6-5-10-3-4-11(12)7-10/h5-6,10-11H,7H2,1-2H3. The third-order valence-corrected chi connectivity index (χ3v) is 2.59. The van der Waals surface area contributed by atoms with E-state index in [0.717, 1.165) is 0 Å². The van der Waals surface area contributed by atoms with Gasteiger partial charge in [0.05, 0.1) is 0 Å². The van der Waals surface area contributed by atoms with Crippen molar-refractivity contribution in [3.63, 3.8) is 0 Å². The van der Waals surface area contributed by atoms with Gasteiger partial charge in [0, 0.05) is 19.8 Å². The number of esters is 2. The van der Waals surface area contributed by atoms with Crippen molar-refractivity contribution in [1.82, 2.24) is 0 Å². The molecule has 0 saturated carbocycles. The second kappa shape index (κ2) is 3.67. The monoisotopic (exact) mass is 220 g/mol. The zero-order chi connectivity index (χ0) is 11.8. The molecule has 16 heavy (non-hydrogen) atoms. The van der Waals surface area contributed by atoms with Gasteiger partial charge in [-0.1, -0.05) is 17.9 Å². The first-order valence-electron chi connectivity index (χ1n) is 5.11. The fourth-order valence-electron chi connectivity index (χ4n) is 2.02. The Bertz CT molecular complexity index is 408. The predicted octanol–water partition coefficient (Wildman–Crippen LogP) is 1.02. The lowest BCUT2D eigenvalue weighted by molar-refractivity contribution is -0.221. The second-order valence-electron chi connectivity index (χ2n) is 3.95. The van der Waals surface area contributed by atoms with Crippen molar-refractivity contribution >= 4 is 11.9 Å². The van der Waals surface area contributed by atoms with Gasteiger partial charge in [-0.2, -0.15) is 0 Å². The zero-order valence-electron chi connectivity index (χ0n) is 9.15. The highest BCUT2D eigenvalue weighted by Gasteiger charge is 2.47. The van der Waals surface area contributed by atoms with E-state index in [0.29, 0.717) is 6.42 Å². The fraction of sp³-hybridized carbons (Fsp3) is 0.500. The lowest BCUT2D eigenvalue weighted by Crippen LogP contribution is -2.45. The molecule has 2 unspecified atom stereocenters. The van der Waals surface area contributed by atoms with Crippen LogP contribution < -0.4 is 0 Å². The van der Waals surface area contributed by atoms with Crippen molar-refractivity contribution in [2.75, 3.05) is 0 Å². The summed E-state index contributed by atoms with van der Waals surface area (Å²) >= 11 is 0. The van der Waals surface area contributed by atoms with Crippen LogP contribution in [0.4, 0.5) is 0 Å². The summed E-state index contributed by atoms with van der Waals surface area (Å²) in [7, 11) is 0. The summed E-state index contributed by atoms with van der Waals surface area (Å²) in [5.41, 5.74) is 0. The van der Waals surface area contributed by atoms with Gasteiger partial charge >= 0.3 is 11.9 Å². The molecule has 0 heterocycles. The van der Waals surface area contributed by atoms with Gasteiger partial charge in [-0.05, 0) is 12.5 Å². The van der Waals surface area contributed by atoms with Crippen LogP contribution in [0.15, 0.2) is 12.2 Å². The molecule has 2 bridgehead atoms. The van der Waals surface area contributed by atoms with Gasteiger partial charge in [-0.25, -0.2) is 0 Å². The number of rotatable bonds is 2. The molecule has 0 saturated heterocycles. The highest BCUT2D eigenvalue weighted by molar-refractivity contribution is 5.69. The van der Waals surface area contributed by atoms with E-state index >= 15 is 0 Å². The quantitative estimate of drug-likeness (QED) is 0.302. The number of hydrogen-bond acceptors (Lipinski definition) is 4. The molecule has 0 aliphatic heterocycles. The molecule has 0 radical (unpaired) electrons. The number of hydrogen-bond donors (Lipinski definition) is 0. The van der Waals surface area contributed by atoms with Gasteiger partial charge in [-0.15, -0.1) is 0 Å². The molecule has 0 aromatic heterocycles. The normalized spacial score (nSPS) is 27.9. The molecule has 4 heteroatoms. The minimum Gasteiger partial charge on any atom is -0.417 e. The number of ether oxygens (including phenoxy) is 2. The third kappa shape index (κ3) is 1.81. The van der Waals surface area contributed by atoms with Gasteiger partial charge in [0.25, 0.3) is 5.79 Å². The molecule has 0 aromatic carbocycles. The van der Waals surface area contributed by atoms with Crippen molar-refractivity contribution in [3.05, 3.63) is 12.2 Å². The number of allylic oxidation sites excluding steroid dienone is 1. The number of carbonyl (C=O) groups is 2. The van der Waals surface area contributed by atoms with Crippen LogP contribution in [0.2, 0.25) is 0 Å². The molecule has 0 amide bonds. The van der Waals surface area contributed by atoms with Crippen molar-refractivity contribution in [2.24, 2.45) is 11.8 Å². The summed E-state index contributed by atoms with van der Waals surface area (Å²) in [6, 6.07) is 0. The minimum absolute atomic E-state index is 0.184. The van der Waals surface area contributed by atoms with E-state index in [4.69, 9.17) is 9.47 Å². The molecular formula is C12H12O4. The molecule has 2 aliphatic rings. The molecule has 2 aliphatic carbocycles. The molecular weight excluding hydrogens is 208 g/mol. The molecule has 0 fully saturated rings. The molecule has 4 nitrogen and oxygen atoms in total. The maximum absolute atomic E-state index is 11.1. The first-order chi connectivity index (χ1) is 7.52. The maximum Gasteiger partial charge on any atom is 0.306 e. The summed E-state index contributed by atoms with van der Waals surface area (Å²) in [5.74, 6) is 3.59. The summed E-state index contributed by atoms with van der Waals surface area (Å²) in [4.78, 5) is 22.2. The molecule has 0 spiro atoms. The summed E-state index contributed by atoms with van der Waals surface area (Å²) in [6.07, 6.45) is 4.14. The lowest BCUT2D eigenvalue weighted by Gasteiger charge is -2.35. The van der Waals surface area contributed by atoms with E-state index in [1.807, 2.05) is 6.08 Å². The van der Waals surface area contributed by atoms with Crippen LogP contribution >= 0.6 is 0 Å². The van der Waals surface area contributed by atoms with E-state index in [-0.39, 0.29) is 11.8 Å². The first-order valence-corrected chi connectivity index (χ1v) is 5.11. The van der Waals surface area contributed by atoms with Gasteiger partial charge in [0.1, 0.15) is 5.92 Å². The van der Waals surface area contributed by atoms with Crippen molar-refractivity contribution < 1.29 is 19.1 Å². The molecule has 84 valence electrons. The van der Waals surface area contributed by atoms with Gasteiger partial charge in [0.15, 0.2) is 0 Å². The largest absolute Gasteiger partial charge is 0.417 e. The van der Waals surface area contributed by atoms with Gasteiger partial charge < -0.3 is 9.47 Å². The van der Waals surface area contributed by atoms with E-state index in [2.05, 4.69) is 11.8 Å². The Kier molecular flexibility index (Phi) is 2.47. The van der Waals surface area contributed by atoms with Crippen molar-refractivity contribution in [1.29, 1.82) is 0 Å². The summed E-state index contributed by atoms with van der Waals surface area (Å²) in [5, 5.41) is 0. The fourth-order valence-corrected chi connectivity index (χ4v) is 2.02. The predicted molar refractivity (Wildman–Crippen MR) is 54.8 cm³/mol. The first kappa shape index (κ1) is 10.7. The molecule has 0 aromatic rings. The van der Waals surface area contributed by atoms with Crippen molar-refractivity contribution in [3.8, 4) is 11.8 Å².